The molecule has 2 heterocycles. The Morgan fingerprint density at radius 2 is 2.09 bits per heavy atom. The van der Waals surface area contributed by atoms with E-state index in [0.717, 1.165) is 37.2 Å². The lowest BCUT2D eigenvalue weighted by molar-refractivity contribution is 0.0932. The van der Waals surface area contributed by atoms with Gasteiger partial charge in [-0.3, -0.25) is 4.79 Å². The number of methoxy groups -OCH3 is 1. The molecular formula is C26H30FN5O2. The maximum Gasteiger partial charge on any atom is 0.166 e. The molecule has 0 bridgehead atoms. The number of halogens is 1. The lowest BCUT2D eigenvalue weighted by Crippen LogP contribution is -2.31. The van der Waals surface area contributed by atoms with Gasteiger partial charge in [-0.2, -0.15) is 5.26 Å². The summed E-state index contributed by atoms with van der Waals surface area (Å²) < 4.78 is 20.6. The van der Waals surface area contributed by atoms with E-state index in [4.69, 9.17) is 4.74 Å². The number of nitrogens with zero attached hydrogens (tertiary/aromatic N) is 4. The predicted molar refractivity (Wildman–Crippen MR) is 128 cm³/mol. The van der Waals surface area contributed by atoms with Gasteiger partial charge in [0.25, 0.3) is 0 Å². The standard InChI is InChI=1S/C26H30FN5O2/c1-4-29-26-25-17(15-28)5-6-21(25)30-24(31-26)13-18-12-20(27)19(14-23(18)34-3)22(33)11-16-7-9-32(2)10-8-16/h5,12,14,16H,4,6-11,13H2,1-3H3,(H,29,30,31). The van der Waals surface area contributed by atoms with Crippen LogP contribution in [-0.4, -0.2) is 54.4 Å². The van der Waals surface area contributed by atoms with Crippen LogP contribution < -0.4 is 10.1 Å². The van der Waals surface area contributed by atoms with Gasteiger partial charge in [-0.15, -0.1) is 0 Å². The average molecular weight is 464 g/mol. The number of allylic oxidation sites excluding steroid dienone is 2. The molecule has 4 rings (SSSR count). The summed E-state index contributed by atoms with van der Waals surface area (Å²) in [5, 5.41) is 12.6. The normalized spacial score (nSPS) is 16.0. The number of fused-ring (bicyclic) bond motifs is 1. The van der Waals surface area contributed by atoms with Crippen LogP contribution in [0.3, 0.4) is 0 Å². The number of ether oxygens (including phenoxy) is 1. The van der Waals surface area contributed by atoms with Crippen LogP contribution in [0.2, 0.25) is 0 Å². The number of aromatic nitrogens is 2. The van der Waals surface area contributed by atoms with E-state index >= 15 is 4.39 Å². The molecule has 1 N–H and O–H groups in total. The summed E-state index contributed by atoms with van der Waals surface area (Å²) in [6.45, 7) is 4.53. The molecule has 1 aromatic heterocycles. The summed E-state index contributed by atoms with van der Waals surface area (Å²) in [7, 11) is 3.59. The largest absolute Gasteiger partial charge is 0.496 e. The summed E-state index contributed by atoms with van der Waals surface area (Å²) in [6, 6.07) is 5.07. The molecule has 1 fully saturated rings. The zero-order valence-electron chi connectivity index (χ0n) is 19.9. The number of rotatable bonds is 8. The number of hydrogen-bond acceptors (Lipinski definition) is 7. The van der Waals surface area contributed by atoms with Crippen LogP contribution in [0.1, 0.15) is 59.2 Å². The van der Waals surface area contributed by atoms with Crippen molar-refractivity contribution in [3.05, 3.63) is 52.2 Å². The highest BCUT2D eigenvalue weighted by molar-refractivity contribution is 5.97. The van der Waals surface area contributed by atoms with Gasteiger partial charge in [0.1, 0.15) is 23.2 Å². The average Bonchev–Trinajstić information content (AvgIpc) is 3.24. The zero-order valence-corrected chi connectivity index (χ0v) is 19.9. The molecular weight excluding hydrogens is 433 g/mol. The van der Waals surface area contributed by atoms with Crippen molar-refractivity contribution < 1.29 is 13.9 Å². The van der Waals surface area contributed by atoms with E-state index in [2.05, 4.69) is 33.3 Å². The van der Waals surface area contributed by atoms with Gasteiger partial charge in [-0.25, -0.2) is 14.4 Å². The second kappa shape index (κ2) is 10.3. The second-order valence-corrected chi connectivity index (χ2v) is 8.97. The fraction of sp³-hybridized carbons (Fsp3) is 0.462. The third-order valence-electron chi connectivity index (χ3n) is 6.60. The van der Waals surface area contributed by atoms with Gasteiger partial charge in [0.2, 0.25) is 0 Å². The summed E-state index contributed by atoms with van der Waals surface area (Å²) >= 11 is 0. The number of anilines is 1. The van der Waals surface area contributed by atoms with Gasteiger partial charge in [-0.05, 0) is 58.0 Å². The molecule has 0 radical (unpaired) electrons. The lowest BCUT2D eigenvalue weighted by atomic mass is 9.89. The van der Waals surface area contributed by atoms with Gasteiger partial charge in [0.15, 0.2) is 5.78 Å². The number of Topliss-reactive ketones (excluding diaryl/α,β-unsaturated/α-hetero) is 1. The summed E-state index contributed by atoms with van der Waals surface area (Å²) in [4.78, 5) is 24.4. The van der Waals surface area contributed by atoms with E-state index in [1.165, 1.54) is 19.2 Å². The van der Waals surface area contributed by atoms with Crippen molar-refractivity contribution in [2.45, 2.75) is 39.0 Å². The summed E-state index contributed by atoms with van der Waals surface area (Å²) in [6.07, 6.45) is 4.89. The Labute approximate surface area is 199 Å². The molecule has 34 heavy (non-hydrogen) atoms. The minimum Gasteiger partial charge on any atom is -0.496 e. The summed E-state index contributed by atoms with van der Waals surface area (Å²) in [5.41, 5.74) is 2.73. The molecule has 0 atom stereocenters. The second-order valence-electron chi connectivity index (χ2n) is 8.97. The molecule has 0 amide bonds. The van der Waals surface area contributed by atoms with E-state index in [1.54, 1.807) is 0 Å². The Kier molecular flexibility index (Phi) is 7.23. The molecule has 2 aromatic rings. The third kappa shape index (κ3) is 4.95. The van der Waals surface area contributed by atoms with Gasteiger partial charge < -0.3 is 15.0 Å². The molecule has 1 aliphatic heterocycles. The van der Waals surface area contributed by atoms with Crippen molar-refractivity contribution in [3.63, 3.8) is 0 Å². The lowest BCUT2D eigenvalue weighted by Gasteiger charge is -2.28. The number of carbonyl (C=O) groups excluding carboxylic acids is 1. The van der Waals surface area contributed by atoms with Crippen LogP contribution >= 0.6 is 0 Å². The molecule has 1 aromatic carbocycles. The van der Waals surface area contributed by atoms with Gasteiger partial charge in [0.05, 0.1) is 35.6 Å². The number of nitriles is 1. The predicted octanol–water partition coefficient (Wildman–Crippen LogP) is 4.02. The first kappa shape index (κ1) is 23.8. The fourth-order valence-corrected chi connectivity index (χ4v) is 4.71. The number of carbonyl (C=O) groups is 1. The SMILES string of the molecule is CCNc1nc(Cc2cc(F)c(C(=O)CC3CCN(C)CC3)cc2OC)nc2c1C(C#N)=CC2. The fourth-order valence-electron chi connectivity index (χ4n) is 4.71. The maximum absolute atomic E-state index is 15.1. The maximum atomic E-state index is 15.1. The van der Waals surface area contributed by atoms with Crippen LogP contribution in [-0.2, 0) is 12.8 Å². The van der Waals surface area contributed by atoms with Crippen LogP contribution in [0.5, 0.6) is 5.75 Å². The van der Waals surface area contributed by atoms with Crippen molar-refractivity contribution in [3.8, 4) is 11.8 Å². The number of hydrogen-bond donors (Lipinski definition) is 1. The van der Waals surface area contributed by atoms with Crippen molar-refractivity contribution in [2.24, 2.45) is 5.92 Å². The number of nitrogens with one attached hydrogen (secondary N) is 1. The minimum absolute atomic E-state index is 0.0746. The van der Waals surface area contributed by atoms with Crippen LogP contribution in [0.4, 0.5) is 10.2 Å². The molecule has 0 saturated carbocycles. The first-order valence-corrected chi connectivity index (χ1v) is 11.8. The third-order valence-corrected chi connectivity index (χ3v) is 6.60. The molecule has 1 saturated heterocycles. The Bertz CT molecular complexity index is 1160. The highest BCUT2D eigenvalue weighted by Gasteiger charge is 2.25. The van der Waals surface area contributed by atoms with E-state index in [1.807, 2.05) is 13.0 Å². The van der Waals surface area contributed by atoms with E-state index in [9.17, 15) is 10.1 Å². The van der Waals surface area contributed by atoms with E-state index in [-0.39, 0.29) is 23.7 Å². The Balaban J connectivity index is 1.58. The minimum atomic E-state index is -0.546. The van der Waals surface area contributed by atoms with Crippen molar-refractivity contribution in [1.82, 2.24) is 14.9 Å². The topological polar surface area (TPSA) is 91.1 Å². The van der Waals surface area contributed by atoms with Crippen LogP contribution in [0.25, 0.3) is 5.57 Å². The van der Waals surface area contributed by atoms with Gasteiger partial charge in [-0.1, -0.05) is 6.08 Å². The van der Waals surface area contributed by atoms with E-state index < -0.39 is 5.82 Å². The molecule has 8 heteroatoms. The molecule has 2 aliphatic rings. The first-order chi connectivity index (χ1) is 16.4. The molecule has 0 spiro atoms. The van der Waals surface area contributed by atoms with Gasteiger partial charge >= 0.3 is 0 Å². The smallest absolute Gasteiger partial charge is 0.166 e. The Morgan fingerprint density at radius 3 is 2.76 bits per heavy atom. The van der Waals surface area contributed by atoms with Crippen molar-refractivity contribution in [1.29, 1.82) is 5.26 Å². The zero-order chi connectivity index (χ0) is 24.2. The molecule has 0 unspecified atom stereocenters. The van der Waals surface area contributed by atoms with Crippen molar-refractivity contribution >= 4 is 17.2 Å². The highest BCUT2D eigenvalue weighted by atomic mass is 19.1. The van der Waals surface area contributed by atoms with Crippen LogP contribution in [0, 0.1) is 23.1 Å². The molecule has 178 valence electrons. The number of likely N-dealkylation sites (tertiary alicyclic amines) is 1. The van der Waals surface area contributed by atoms with Gasteiger partial charge in [0, 0.05) is 31.4 Å². The Hall–Kier alpha value is -3.31. The molecule has 7 nitrogen and oxygen atoms in total. The van der Waals surface area contributed by atoms with Crippen LogP contribution in [0.15, 0.2) is 18.2 Å². The first-order valence-electron chi connectivity index (χ1n) is 11.8. The summed E-state index contributed by atoms with van der Waals surface area (Å²) in [5.74, 6) is 1.11. The number of benzene rings is 1. The monoisotopic (exact) mass is 463 g/mol. The quantitative estimate of drug-likeness (QED) is 0.591. The molecule has 1 aliphatic carbocycles. The number of ketones is 1. The Morgan fingerprint density at radius 1 is 1.32 bits per heavy atom. The highest BCUT2D eigenvalue weighted by Crippen LogP contribution is 2.33. The number of piperidine rings is 1. The van der Waals surface area contributed by atoms with E-state index in [0.29, 0.717) is 47.9 Å². The van der Waals surface area contributed by atoms with Crippen molar-refractivity contribution in [2.75, 3.05) is 39.1 Å².